The van der Waals surface area contributed by atoms with Gasteiger partial charge in [-0.25, -0.2) is 0 Å². The van der Waals surface area contributed by atoms with E-state index in [1.54, 1.807) is 0 Å². The predicted octanol–water partition coefficient (Wildman–Crippen LogP) is 4.15. The summed E-state index contributed by atoms with van der Waals surface area (Å²) in [5, 5.41) is 18.1. The van der Waals surface area contributed by atoms with Gasteiger partial charge in [-0.1, -0.05) is 27.2 Å². The topological polar surface area (TPSA) is 183 Å². The number of nitrogens with two attached hydrogens (primary N) is 3. The molecule has 0 spiro atoms. The van der Waals surface area contributed by atoms with Crippen molar-refractivity contribution in [1.82, 2.24) is 10.6 Å². The number of rotatable bonds is 17. The molecule has 10 heteroatoms. The predicted molar refractivity (Wildman–Crippen MR) is 189 cm³/mol. The number of hydrogen-bond acceptors (Lipinski definition) is 8. The number of unbranched alkanes of at least 4 members (excludes halogenated alkanes) is 2. The van der Waals surface area contributed by atoms with Gasteiger partial charge in [-0.15, -0.1) is 0 Å². The van der Waals surface area contributed by atoms with Crippen molar-refractivity contribution in [3.8, 4) is 0 Å². The lowest BCUT2D eigenvalue weighted by Crippen LogP contribution is -2.60. The van der Waals surface area contributed by atoms with Crippen LogP contribution in [0.15, 0.2) is 0 Å². The Morgan fingerprint density at radius 2 is 1.54 bits per heavy atom. The summed E-state index contributed by atoms with van der Waals surface area (Å²) in [6.07, 6.45) is 13.5. The van der Waals surface area contributed by atoms with Crippen LogP contribution in [-0.4, -0.2) is 66.8 Å². The Kier molecular flexibility index (Phi) is 14.2. The first-order valence-electron chi connectivity index (χ1n) is 19.5. The fourth-order valence-electron chi connectivity index (χ4n) is 11.1. The van der Waals surface area contributed by atoms with Crippen LogP contribution in [0.5, 0.6) is 0 Å². The zero-order valence-corrected chi connectivity index (χ0v) is 30.5. The fraction of sp³-hybridized carbons (Fsp3) is 0.921. The molecule has 0 aromatic carbocycles. The average molecular weight is 676 g/mol. The minimum Gasteiger partial charge on any atom is -0.466 e. The molecule has 0 aromatic rings. The first kappa shape index (κ1) is 39.0. The lowest BCUT2D eigenvalue weighted by molar-refractivity contribution is -0.167. The summed E-state index contributed by atoms with van der Waals surface area (Å²) >= 11 is 0. The molecular weight excluding hydrogens is 606 g/mol. The SMILES string of the molecule is CCOC(=O)CC[C@@H](C)[C@H]1CC[C@H]2[C@@H]3[C@H](O)C[C@@H]4C[C@H](NC(=O)[C@H](CCCCN)NC(=O)[C@@H](N)CCCCN)CC[C@]4(C)[C@H]3CC[C@]12C. The van der Waals surface area contributed by atoms with Crippen molar-refractivity contribution in [2.45, 2.75) is 155 Å². The lowest BCUT2D eigenvalue weighted by Gasteiger charge is -2.62. The Balaban J connectivity index is 1.37. The molecule has 0 aromatic heterocycles. The summed E-state index contributed by atoms with van der Waals surface area (Å²) in [4.78, 5) is 38.6. The Morgan fingerprint density at radius 3 is 2.23 bits per heavy atom. The third kappa shape index (κ3) is 8.75. The van der Waals surface area contributed by atoms with Gasteiger partial charge in [-0.3, -0.25) is 14.4 Å². The van der Waals surface area contributed by atoms with E-state index in [1.165, 1.54) is 12.8 Å². The number of carbonyl (C=O) groups is 3. The third-order valence-electron chi connectivity index (χ3n) is 13.8. The zero-order chi connectivity index (χ0) is 35.1. The first-order valence-corrected chi connectivity index (χ1v) is 19.5. The Morgan fingerprint density at radius 1 is 0.875 bits per heavy atom. The number of aliphatic hydroxyl groups excluding tert-OH is 1. The highest BCUT2D eigenvalue weighted by atomic mass is 16.5. The highest BCUT2D eigenvalue weighted by molar-refractivity contribution is 5.89. The molecule has 12 atom stereocenters. The average Bonchev–Trinajstić information content (AvgIpc) is 3.41. The normalized spacial score (nSPS) is 36.1. The molecule has 48 heavy (non-hydrogen) atoms. The number of esters is 1. The van der Waals surface area contributed by atoms with Gasteiger partial charge < -0.3 is 37.7 Å². The van der Waals surface area contributed by atoms with E-state index in [1.807, 2.05) is 6.92 Å². The van der Waals surface area contributed by atoms with E-state index >= 15 is 0 Å². The van der Waals surface area contributed by atoms with Crippen LogP contribution in [0.4, 0.5) is 0 Å². The van der Waals surface area contributed by atoms with E-state index in [0.29, 0.717) is 74.5 Å². The molecule has 4 aliphatic carbocycles. The van der Waals surface area contributed by atoms with E-state index < -0.39 is 12.1 Å². The molecule has 0 heterocycles. The summed E-state index contributed by atoms with van der Waals surface area (Å²) in [5.41, 5.74) is 17.8. The van der Waals surface area contributed by atoms with Crippen LogP contribution in [0, 0.1) is 46.3 Å². The van der Waals surface area contributed by atoms with E-state index in [0.717, 1.165) is 70.6 Å². The number of amides is 2. The maximum absolute atomic E-state index is 13.6. The van der Waals surface area contributed by atoms with Crippen LogP contribution in [0.3, 0.4) is 0 Å². The second kappa shape index (κ2) is 17.5. The number of ether oxygens (including phenoxy) is 1. The number of nitrogens with one attached hydrogen (secondary N) is 2. The van der Waals surface area contributed by atoms with Crippen molar-refractivity contribution >= 4 is 17.8 Å². The molecule has 4 aliphatic rings. The molecule has 0 aliphatic heterocycles. The van der Waals surface area contributed by atoms with Gasteiger partial charge in [0, 0.05) is 12.5 Å². The molecule has 0 unspecified atom stereocenters. The number of hydrogen-bond donors (Lipinski definition) is 6. The van der Waals surface area contributed by atoms with E-state index in [4.69, 9.17) is 21.9 Å². The van der Waals surface area contributed by atoms with Gasteiger partial charge >= 0.3 is 5.97 Å². The standard InChI is InChI=1S/C38H69N5O5/c1-5-48-33(45)15-12-24(2)27-13-14-28-34-29(17-19-38(27,28)4)37(3)18-16-26(22-25(37)23-32(34)44)42-36(47)31(11-7-9-21-40)43-35(46)30(41)10-6-8-20-39/h24-32,34,44H,5-23,39-41H2,1-4H3,(H,42,47)(H,43,46)/t24-,25+,26-,27-,28+,29+,30+,31+,32-,34+,37+,38-/m1/s1. The summed E-state index contributed by atoms with van der Waals surface area (Å²) < 4.78 is 5.21. The summed E-state index contributed by atoms with van der Waals surface area (Å²) in [6, 6.07) is -1.27. The van der Waals surface area contributed by atoms with Crippen molar-refractivity contribution in [3.05, 3.63) is 0 Å². The molecule has 4 saturated carbocycles. The van der Waals surface area contributed by atoms with Crippen LogP contribution in [0.2, 0.25) is 0 Å². The van der Waals surface area contributed by atoms with Gasteiger partial charge in [-0.2, -0.15) is 0 Å². The van der Waals surface area contributed by atoms with Crippen molar-refractivity contribution in [2.75, 3.05) is 19.7 Å². The molecule has 0 saturated heterocycles. The minimum absolute atomic E-state index is 0.0245. The number of carbonyl (C=O) groups excluding carboxylic acids is 3. The maximum atomic E-state index is 13.6. The Hall–Kier alpha value is -1.75. The largest absolute Gasteiger partial charge is 0.466 e. The van der Waals surface area contributed by atoms with Gasteiger partial charge in [0.25, 0.3) is 0 Å². The second-order valence-corrected chi connectivity index (χ2v) is 16.6. The lowest BCUT2D eigenvalue weighted by atomic mass is 9.43. The zero-order valence-electron chi connectivity index (χ0n) is 30.5. The third-order valence-corrected chi connectivity index (χ3v) is 13.8. The van der Waals surface area contributed by atoms with Crippen LogP contribution in [-0.2, 0) is 19.1 Å². The molecule has 2 amide bonds. The molecule has 4 fully saturated rings. The number of aliphatic hydroxyl groups is 1. The summed E-state index contributed by atoms with van der Waals surface area (Å²) in [6.45, 7) is 10.7. The van der Waals surface area contributed by atoms with Gasteiger partial charge in [0.1, 0.15) is 6.04 Å². The van der Waals surface area contributed by atoms with Crippen molar-refractivity contribution in [1.29, 1.82) is 0 Å². The maximum Gasteiger partial charge on any atom is 0.305 e. The Bertz CT molecular complexity index is 1080. The van der Waals surface area contributed by atoms with Gasteiger partial charge in [-0.05, 0) is 156 Å². The number of fused-ring (bicyclic) bond motifs is 5. The van der Waals surface area contributed by atoms with Crippen molar-refractivity contribution in [2.24, 2.45) is 63.5 Å². The van der Waals surface area contributed by atoms with Gasteiger partial charge in [0.05, 0.1) is 18.8 Å². The van der Waals surface area contributed by atoms with Crippen LogP contribution in [0.1, 0.15) is 130 Å². The minimum atomic E-state index is -0.659. The molecular formula is C38H69N5O5. The Labute approximate surface area is 290 Å². The highest BCUT2D eigenvalue weighted by Gasteiger charge is 2.63. The van der Waals surface area contributed by atoms with Crippen LogP contribution in [0.25, 0.3) is 0 Å². The van der Waals surface area contributed by atoms with E-state index in [9.17, 15) is 19.5 Å². The smallest absolute Gasteiger partial charge is 0.305 e. The molecule has 9 N–H and O–H groups in total. The summed E-state index contributed by atoms with van der Waals surface area (Å²) in [5.74, 6) is 2.17. The quantitative estimate of drug-likeness (QED) is 0.0982. The second-order valence-electron chi connectivity index (χ2n) is 16.6. The van der Waals surface area contributed by atoms with E-state index in [2.05, 4.69) is 31.4 Å². The van der Waals surface area contributed by atoms with E-state index in [-0.39, 0.29) is 40.8 Å². The highest BCUT2D eigenvalue weighted by Crippen LogP contribution is 2.68. The monoisotopic (exact) mass is 676 g/mol. The van der Waals surface area contributed by atoms with Gasteiger partial charge in [0.2, 0.25) is 11.8 Å². The van der Waals surface area contributed by atoms with Crippen molar-refractivity contribution in [3.63, 3.8) is 0 Å². The fourth-order valence-corrected chi connectivity index (χ4v) is 11.1. The van der Waals surface area contributed by atoms with Crippen LogP contribution < -0.4 is 27.8 Å². The molecule has 10 nitrogen and oxygen atoms in total. The van der Waals surface area contributed by atoms with Gasteiger partial charge in [0.15, 0.2) is 0 Å². The molecule has 0 radical (unpaired) electrons. The van der Waals surface area contributed by atoms with Crippen LogP contribution >= 0.6 is 0 Å². The molecule has 0 bridgehead atoms. The summed E-state index contributed by atoms with van der Waals surface area (Å²) in [7, 11) is 0. The molecule has 276 valence electrons. The molecule has 4 rings (SSSR count). The van der Waals surface area contributed by atoms with Crippen molar-refractivity contribution < 1.29 is 24.2 Å². The first-order chi connectivity index (χ1) is 22.9.